The Bertz CT molecular complexity index is 567. The summed E-state index contributed by atoms with van der Waals surface area (Å²) in [6.07, 6.45) is 6.29. The van der Waals surface area contributed by atoms with Gasteiger partial charge >= 0.3 is 0 Å². The Hall–Kier alpha value is -2.21. The third kappa shape index (κ3) is 3.66. The fourth-order valence-electron chi connectivity index (χ4n) is 2.87. The van der Waals surface area contributed by atoms with E-state index in [-0.39, 0.29) is 0 Å². The molecule has 1 aliphatic heterocycles. The Morgan fingerprint density at radius 3 is 2.43 bits per heavy atom. The summed E-state index contributed by atoms with van der Waals surface area (Å²) in [5.41, 5.74) is 9.41. The van der Waals surface area contributed by atoms with Gasteiger partial charge in [0.25, 0.3) is 0 Å². The minimum atomic E-state index is 0.573. The van der Waals surface area contributed by atoms with Gasteiger partial charge < -0.3 is 10.6 Å². The molecule has 1 aromatic carbocycles. The van der Waals surface area contributed by atoms with Gasteiger partial charge in [-0.05, 0) is 55.9 Å². The van der Waals surface area contributed by atoms with E-state index in [1.165, 1.54) is 5.56 Å². The van der Waals surface area contributed by atoms with Crippen molar-refractivity contribution >= 4 is 0 Å². The molecule has 1 heterocycles. The van der Waals surface area contributed by atoms with Gasteiger partial charge in [-0.2, -0.15) is 5.26 Å². The van der Waals surface area contributed by atoms with Gasteiger partial charge in [0.15, 0.2) is 0 Å². The number of piperidine rings is 1. The first-order valence-corrected chi connectivity index (χ1v) is 7.49. The van der Waals surface area contributed by atoms with Crippen LogP contribution in [0.3, 0.4) is 0 Å². The third-order valence-corrected chi connectivity index (χ3v) is 4.17. The van der Waals surface area contributed by atoms with Crippen LogP contribution >= 0.6 is 0 Å². The number of hydrogen-bond acceptors (Lipinski definition) is 3. The van der Waals surface area contributed by atoms with Crippen molar-refractivity contribution in [2.75, 3.05) is 13.1 Å². The number of rotatable bonds is 3. The predicted octanol–water partition coefficient (Wildman–Crippen LogP) is 3.50. The molecule has 0 amide bonds. The zero-order valence-electron chi connectivity index (χ0n) is 12.8. The van der Waals surface area contributed by atoms with E-state index in [0.29, 0.717) is 5.92 Å². The highest BCUT2D eigenvalue weighted by Gasteiger charge is 2.21. The van der Waals surface area contributed by atoms with Crippen LogP contribution in [0.5, 0.6) is 0 Å². The fourth-order valence-corrected chi connectivity index (χ4v) is 2.87. The Morgan fingerprint density at radius 2 is 1.90 bits per heavy atom. The van der Waals surface area contributed by atoms with E-state index in [4.69, 9.17) is 11.0 Å². The van der Waals surface area contributed by atoms with Crippen LogP contribution in [0.25, 0.3) is 0 Å². The Morgan fingerprint density at radius 1 is 1.29 bits per heavy atom. The maximum atomic E-state index is 8.85. The van der Waals surface area contributed by atoms with Crippen molar-refractivity contribution < 1.29 is 0 Å². The lowest BCUT2D eigenvalue weighted by molar-refractivity contribution is 0.259. The summed E-state index contributed by atoms with van der Waals surface area (Å²) in [6.45, 7) is 6.05. The summed E-state index contributed by atoms with van der Waals surface area (Å²) >= 11 is 0. The molecular weight excluding hydrogens is 258 g/mol. The van der Waals surface area contributed by atoms with Crippen molar-refractivity contribution in [1.29, 1.82) is 5.26 Å². The minimum absolute atomic E-state index is 0.573. The molecule has 2 rings (SSSR count). The van der Waals surface area contributed by atoms with Crippen molar-refractivity contribution in [2.24, 2.45) is 5.73 Å². The van der Waals surface area contributed by atoms with Gasteiger partial charge in [-0.15, -0.1) is 0 Å². The van der Waals surface area contributed by atoms with E-state index >= 15 is 0 Å². The van der Waals surface area contributed by atoms with E-state index < -0.39 is 0 Å². The van der Waals surface area contributed by atoms with E-state index in [1.807, 2.05) is 25.1 Å². The van der Waals surface area contributed by atoms with Gasteiger partial charge in [-0.1, -0.05) is 24.3 Å². The molecule has 0 saturated carbocycles. The molecule has 110 valence electrons. The summed E-state index contributed by atoms with van der Waals surface area (Å²) in [5.74, 6) is 1.47. The second-order valence-corrected chi connectivity index (χ2v) is 5.56. The fraction of sp³-hybridized carbons (Fsp3) is 0.389. The van der Waals surface area contributed by atoms with E-state index in [1.54, 1.807) is 0 Å². The molecule has 0 spiro atoms. The summed E-state index contributed by atoms with van der Waals surface area (Å²) in [5, 5.41) is 8.85. The molecule has 0 aromatic heterocycles. The Labute approximate surface area is 127 Å². The van der Waals surface area contributed by atoms with Gasteiger partial charge in [0.05, 0.1) is 11.6 Å². The lowest BCUT2D eigenvalue weighted by atomic mass is 9.89. The molecule has 3 nitrogen and oxygen atoms in total. The summed E-state index contributed by atoms with van der Waals surface area (Å²) < 4.78 is 0. The lowest BCUT2D eigenvalue weighted by Crippen LogP contribution is -2.36. The van der Waals surface area contributed by atoms with E-state index in [0.717, 1.165) is 42.9 Å². The molecule has 0 atom stereocenters. The topological polar surface area (TPSA) is 53.0 Å². The van der Waals surface area contributed by atoms with Gasteiger partial charge in [-0.25, -0.2) is 0 Å². The SMILES string of the molecule is C/C=C\C(C)=C(\N)N1CCC(c2ccc(C#N)cc2)CC1. The van der Waals surface area contributed by atoms with Crippen LogP contribution in [-0.4, -0.2) is 18.0 Å². The highest BCUT2D eigenvalue weighted by Crippen LogP contribution is 2.29. The molecule has 1 aliphatic rings. The highest BCUT2D eigenvalue weighted by molar-refractivity contribution is 5.33. The molecule has 0 unspecified atom stereocenters. The zero-order chi connectivity index (χ0) is 15.2. The Kier molecular flexibility index (Phi) is 5.05. The summed E-state index contributed by atoms with van der Waals surface area (Å²) in [4.78, 5) is 2.27. The van der Waals surface area contributed by atoms with E-state index in [2.05, 4.69) is 36.1 Å². The maximum absolute atomic E-state index is 8.85. The van der Waals surface area contributed by atoms with E-state index in [9.17, 15) is 0 Å². The van der Waals surface area contributed by atoms with Crippen LogP contribution in [0.4, 0.5) is 0 Å². The molecule has 1 fully saturated rings. The second-order valence-electron chi connectivity index (χ2n) is 5.56. The number of nitrogens with zero attached hydrogens (tertiary/aromatic N) is 2. The van der Waals surface area contributed by atoms with Crippen LogP contribution in [0.2, 0.25) is 0 Å². The monoisotopic (exact) mass is 281 g/mol. The molecule has 1 aromatic rings. The first-order valence-electron chi connectivity index (χ1n) is 7.49. The number of allylic oxidation sites excluding steroid dienone is 3. The number of nitrogens with two attached hydrogens (primary N) is 1. The van der Waals surface area contributed by atoms with Crippen LogP contribution in [0.1, 0.15) is 43.7 Å². The molecule has 3 heteroatoms. The smallest absolute Gasteiger partial charge is 0.102 e. The number of benzene rings is 1. The van der Waals surface area contributed by atoms with Crippen LogP contribution in [0.15, 0.2) is 47.8 Å². The van der Waals surface area contributed by atoms with Gasteiger partial charge in [-0.3, -0.25) is 0 Å². The van der Waals surface area contributed by atoms with Crippen molar-refractivity contribution in [3.8, 4) is 6.07 Å². The Balaban J connectivity index is 2.00. The lowest BCUT2D eigenvalue weighted by Gasteiger charge is -2.34. The quantitative estimate of drug-likeness (QED) is 0.863. The van der Waals surface area contributed by atoms with Crippen molar-refractivity contribution in [3.63, 3.8) is 0 Å². The highest BCUT2D eigenvalue weighted by atomic mass is 15.2. The van der Waals surface area contributed by atoms with Crippen molar-refractivity contribution in [3.05, 3.63) is 58.9 Å². The number of hydrogen-bond donors (Lipinski definition) is 1. The third-order valence-electron chi connectivity index (χ3n) is 4.17. The minimum Gasteiger partial charge on any atom is -0.385 e. The average Bonchev–Trinajstić information content (AvgIpc) is 2.54. The van der Waals surface area contributed by atoms with Gasteiger partial charge in [0, 0.05) is 13.1 Å². The van der Waals surface area contributed by atoms with Crippen LogP contribution in [0, 0.1) is 11.3 Å². The number of likely N-dealkylation sites (tertiary alicyclic amines) is 1. The second kappa shape index (κ2) is 6.99. The molecule has 2 N–H and O–H groups in total. The van der Waals surface area contributed by atoms with Gasteiger partial charge in [0.1, 0.15) is 5.82 Å². The molecule has 1 saturated heterocycles. The van der Waals surface area contributed by atoms with Crippen molar-refractivity contribution in [1.82, 2.24) is 4.90 Å². The normalized spacial score (nSPS) is 17.7. The molecule has 0 radical (unpaired) electrons. The summed E-state index contributed by atoms with van der Waals surface area (Å²) in [7, 11) is 0. The first kappa shape index (κ1) is 15.2. The van der Waals surface area contributed by atoms with Crippen LogP contribution in [-0.2, 0) is 0 Å². The predicted molar refractivity (Wildman–Crippen MR) is 86.4 cm³/mol. The standard InChI is InChI=1S/C18H23N3/c1-3-4-14(2)18(20)21-11-9-17(10-12-21)16-7-5-15(13-19)6-8-16/h3-8,17H,9-12,20H2,1-2H3/b4-3-,18-14-. The molecule has 21 heavy (non-hydrogen) atoms. The van der Waals surface area contributed by atoms with Crippen molar-refractivity contribution in [2.45, 2.75) is 32.6 Å². The average molecular weight is 281 g/mol. The van der Waals surface area contributed by atoms with Crippen LogP contribution < -0.4 is 5.73 Å². The molecular formula is C18H23N3. The maximum Gasteiger partial charge on any atom is 0.102 e. The number of nitriles is 1. The molecule has 0 aliphatic carbocycles. The molecule has 0 bridgehead atoms. The van der Waals surface area contributed by atoms with Gasteiger partial charge in [0.2, 0.25) is 0 Å². The zero-order valence-corrected chi connectivity index (χ0v) is 12.8. The first-order chi connectivity index (χ1) is 10.2. The largest absolute Gasteiger partial charge is 0.385 e. The summed E-state index contributed by atoms with van der Waals surface area (Å²) in [6, 6.07) is 10.2.